The van der Waals surface area contributed by atoms with Crippen LogP contribution >= 0.6 is 15.9 Å². The molecule has 1 atom stereocenters. The predicted molar refractivity (Wildman–Crippen MR) is 102 cm³/mol. The summed E-state index contributed by atoms with van der Waals surface area (Å²) in [5, 5.41) is 13.3. The summed E-state index contributed by atoms with van der Waals surface area (Å²) in [5.74, 6) is -1.17. The molecule has 0 radical (unpaired) electrons. The van der Waals surface area contributed by atoms with Gasteiger partial charge < -0.3 is 10.4 Å². The topological polar surface area (TPSA) is 83.5 Å². The molecule has 3 rings (SSSR count). The van der Waals surface area contributed by atoms with E-state index < -0.39 is 33.0 Å². The van der Waals surface area contributed by atoms with Crippen LogP contribution < -0.4 is 5.32 Å². The molecule has 1 saturated carbocycles. The molecule has 1 amide bonds. The Morgan fingerprint density at radius 1 is 1.15 bits per heavy atom. The molecule has 0 unspecified atom stereocenters. The van der Waals surface area contributed by atoms with Crippen molar-refractivity contribution in [2.24, 2.45) is 5.41 Å². The molecular formula is C19H20BrNO4S. The largest absolute Gasteiger partial charge is 0.388 e. The second-order valence-corrected chi connectivity index (χ2v) is 9.57. The molecule has 0 bridgehead atoms. The summed E-state index contributed by atoms with van der Waals surface area (Å²) in [6.45, 7) is 0.260. The van der Waals surface area contributed by atoms with Gasteiger partial charge in [-0.3, -0.25) is 4.79 Å². The van der Waals surface area contributed by atoms with Crippen LogP contribution in [0.2, 0.25) is 0 Å². The second-order valence-electron chi connectivity index (χ2n) is 6.67. The van der Waals surface area contributed by atoms with E-state index in [2.05, 4.69) is 21.2 Å². The minimum Gasteiger partial charge on any atom is -0.388 e. The van der Waals surface area contributed by atoms with Gasteiger partial charge >= 0.3 is 0 Å². The number of benzene rings is 2. The number of rotatable bonds is 7. The molecule has 0 heterocycles. The lowest BCUT2D eigenvalue weighted by Crippen LogP contribution is -2.36. The number of nitrogens with one attached hydrogen (secondary N) is 1. The first-order valence-electron chi connectivity index (χ1n) is 8.30. The zero-order chi connectivity index (χ0) is 18.8. The van der Waals surface area contributed by atoms with Crippen LogP contribution in [0.5, 0.6) is 0 Å². The Bertz CT molecular complexity index is 895. The Morgan fingerprint density at radius 2 is 1.85 bits per heavy atom. The van der Waals surface area contributed by atoms with Crippen LogP contribution in [0.1, 0.15) is 24.5 Å². The van der Waals surface area contributed by atoms with Crippen LogP contribution in [-0.2, 0) is 14.6 Å². The first-order chi connectivity index (χ1) is 12.3. The summed E-state index contributed by atoms with van der Waals surface area (Å²) >= 11 is 3.23. The normalized spacial score (nSPS) is 16.7. The van der Waals surface area contributed by atoms with E-state index in [0.29, 0.717) is 4.47 Å². The summed E-state index contributed by atoms with van der Waals surface area (Å²) in [7, 11) is -3.71. The number of carbonyl (C=O) groups is 1. The molecule has 0 saturated heterocycles. The highest BCUT2D eigenvalue weighted by atomic mass is 79.9. The van der Waals surface area contributed by atoms with Crippen molar-refractivity contribution in [2.75, 3.05) is 12.3 Å². The van der Waals surface area contributed by atoms with Gasteiger partial charge in [0.05, 0.1) is 11.0 Å². The van der Waals surface area contributed by atoms with E-state index in [-0.39, 0.29) is 11.4 Å². The molecule has 2 aromatic carbocycles. The fourth-order valence-corrected chi connectivity index (χ4v) is 4.70. The molecule has 1 aliphatic carbocycles. The Balaban J connectivity index is 1.61. The molecule has 7 heteroatoms. The van der Waals surface area contributed by atoms with Gasteiger partial charge in [0.1, 0.15) is 5.75 Å². The van der Waals surface area contributed by atoms with E-state index in [9.17, 15) is 18.3 Å². The minimum absolute atomic E-state index is 0.104. The van der Waals surface area contributed by atoms with Gasteiger partial charge in [-0.25, -0.2) is 8.42 Å². The summed E-state index contributed by atoms with van der Waals surface area (Å²) in [4.78, 5) is 12.3. The minimum atomic E-state index is -3.71. The van der Waals surface area contributed by atoms with Crippen LogP contribution in [0, 0.1) is 5.41 Å². The fourth-order valence-electron chi connectivity index (χ4n) is 2.94. The number of hydrogen-bond donors (Lipinski definition) is 2. The van der Waals surface area contributed by atoms with Gasteiger partial charge in [-0.15, -0.1) is 0 Å². The number of amides is 1. The van der Waals surface area contributed by atoms with Crippen molar-refractivity contribution in [2.45, 2.75) is 23.8 Å². The van der Waals surface area contributed by atoms with E-state index in [1.165, 1.54) is 12.1 Å². The molecule has 1 aliphatic rings. The highest BCUT2D eigenvalue weighted by molar-refractivity contribution is 9.10. The van der Waals surface area contributed by atoms with Gasteiger partial charge in [-0.1, -0.05) is 52.3 Å². The molecule has 1 fully saturated rings. The van der Waals surface area contributed by atoms with Gasteiger partial charge in [0, 0.05) is 16.4 Å². The molecule has 0 aromatic heterocycles. The lowest BCUT2D eigenvalue weighted by Gasteiger charge is -2.23. The Labute approximate surface area is 161 Å². The fraction of sp³-hybridized carbons (Fsp3) is 0.316. The van der Waals surface area contributed by atoms with Gasteiger partial charge in [-0.2, -0.15) is 0 Å². The third kappa shape index (κ3) is 4.34. The maximum Gasteiger partial charge on any atom is 0.235 e. The Morgan fingerprint density at radius 3 is 2.46 bits per heavy atom. The summed E-state index contributed by atoms with van der Waals surface area (Å²) in [6.07, 6.45) is 0.911. The third-order valence-corrected chi connectivity index (χ3v) is 6.81. The van der Waals surface area contributed by atoms with E-state index in [1.54, 1.807) is 12.1 Å². The Hall–Kier alpha value is -1.70. The highest BCUT2D eigenvalue weighted by Crippen LogP contribution is 2.54. The van der Waals surface area contributed by atoms with E-state index in [1.807, 2.05) is 30.3 Å². The smallest absolute Gasteiger partial charge is 0.235 e. The zero-order valence-corrected chi connectivity index (χ0v) is 16.5. The number of aliphatic hydroxyl groups excluding tert-OH is 1. The quantitative estimate of drug-likeness (QED) is 0.697. The first kappa shape index (κ1) is 19.1. The maximum atomic E-state index is 12.4. The number of aliphatic hydroxyl groups is 1. The van der Waals surface area contributed by atoms with Gasteiger partial charge in [0.15, 0.2) is 9.84 Å². The van der Waals surface area contributed by atoms with Crippen molar-refractivity contribution in [3.05, 3.63) is 64.6 Å². The SMILES string of the molecule is O=C(CS(=O)(=O)c1cccc(Br)c1)NCC1([C@H](O)c2ccccc2)CC1. The second kappa shape index (κ2) is 7.50. The van der Waals surface area contributed by atoms with E-state index in [4.69, 9.17) is 0 Å². The molecule has 2 N–H and O–H groups in total. The van der Waals surface area contributed by atoms with E-state index >= 15 is 0 Å². The van der Waals surface area contributed by atoms with Crippen LogP contribution in [0.15, 0.2) is 64.0 Å². The Kier molecular flexibility index (Phi) is 5.50. The molecule has 5 nitrogen and oxygen atoms in total. The van der Waals surface area contributed by atoms with Gasteiger partial charge in [-0.05, 0) is 36.6 Å². The van der Waals surface area contributed by atoms with Crippen LogP contribution in [-0.4, -0.2) is 31.7 Å². The number of hydrogen-bond acceptors (Lipinski definition) is 4. The summed E-state index contributed by atoms with van der Waals surface area (Å²) < 4.78 is 25.4. The molecule has 26 heavy (non-hydrogen) atoms. The average molecular weight is 438 g/mol. The summed E-state index contributed by atoms with van der Waals surface area (Å²) in [6, 6.07) is 15.6. The van der Waals surface area contributed by atoms with Gasteiger partial charge in [0.25, 0.3) is 0 Å². The number of sulfone groups is 1. The number of halogens is 1. The number of carbonyl (C=O) groups excluding carboxylic acids is 1. The predicted octanol–water partition coefficient (Wildman–Crippen LogP) is 2.85. The zero-order valence-electron chi connectivity index (χ0n) is 14.1. The lowest BCUT2D eigenvalue weighted by molar-refractivity contribution is -0.119. The average Bonchev–Trinajstić information content (AvgIpc) is 3.41. The van der Waals surface area contributed by atoms with Crippen molar-refractivity contribution < 1.29 is 18.3 Å². The van der Waals surface area contributed by atoms with Crippen molar-refractivity contribution in [1.82, 2.24) is 5.32 Å². The van der Waals surface area contributed by atoms with Crippen molar-refractivity contribution in [3.8, 4) is 0 Å². The van der Waals surface area contributed by atoms with Crippen molar-refractivity contribution >= 4 is 31.7 Å². The van der Waals surface area contributed by atoms with Crippen molar-refractivity contribution in [1.29, 1.82) is 0 Å². The monoisotopic (exact) mass is 437 g/mol. The van der Waals surface area contributed by atoms with Gasteiger partial charge in [0.2, 0.25) is 5.91 Å². The maximum absolute atomic E-state index is 12.4. The molecular weight excluding hydrogens is 418 g/mol. The van der Waals surface area contributed by atoms with Crippen molar-refractivity contribution in [3.63, 3.8) is 0 Å². The van der Waals surface area contributed by atoms with Crippen LogP contribution in [0.25, 0.3) is 0 Å². The molecule has 2 aromatic rings. The third-order valence-electron chi connectivity index (χ3n) is 4.70. The standard InChI is InChI=1S/C19H20BrNO4S/c20-15-7-4-8-16(11-15)26(24,25)12-17(22)21-13-19(9-10-19)18(23)14-5-2-1-3-6-14/h1-8,11,18,23H,9-10,12-13H2,(H,21,22)/t18-/m1/s1. The molecule has 0 spiro atoms. The molecule has 0 aliphatic heterocycles. The lowest BCUT2D eigenvalue weighted by atomic mass is 9.93. The highest BCUT2D eigenvalue weighted by Gasteiger charge is 2.49. The molecule has 138 valence electrons. The first-order valence-corrected chi connectivity index (χ1v) is 10.7. The van der Waals surface area contributed by atoms with Crippen LogP contribution in [0.4, 0.5) is 0 Å². The summed E-state index contributed by atoms with van der Waals surface area (Å²) in [5.41, 5.74) is 0.400. The van der Waals surface area contributed by atoms with Crippen LogP contribution in [0.3, 0.4) is 0 Å². The van der Waals surface area contributed by atoms with E-state index in [0.717, 1.165) is 18.4 Å².